The van der Waals surface area contributed by atoms with Crippen molar-refractivity contribution in [2.24, 2.45) is 0 Å². The molecule has 4 rings (SSSR count). The van der Waals surface area contributed by atoms with Crippen molar-refractivity contribution < 1.29 is 4.42 Å². The highest BCUT2D eigenvalue weighted by Gasteiger charge is 2.13. The third-order valence-electron chi connectivity index (χ3n) is 3.57. The number of aryl methyl sites for hydroxylation is 1. The molecule has 0 saturated carbocycles. The van der Waals surface area contributed by atoms with Crippen LogP contribution in [0.5, 0.6) is 0 Å². The number of aromatic amines is 1. The van der Waals surface area contributed by atoms with Gasteiger partial charge in [-0.2, -0.15) is 0 Å². The van der Waals surface area contributed by atoms with E-state index in [-0.39, 0.29) is 0 Å². The Bertz CT molecular complexity index is 978. The van der Waals surface area contributed by atoms with Crippen LogP contribution in [0.15, 0.2) is 52.3 Å². The summed E-state index contributed by atoms with van der Waals surface area (Å²) < 4.78 is 5.78. The molecule has 5 nitrogen and oxygen atoms in total. The van der Waals surface area contributed by atoms with Gasteiger partial charge in [0.2, 0.25) is 5.89 Å². The van der Waals surface area contributed by atoms with E-state index in [9.17, 15) is 0 Å². The molecule has 4 aromatic rings. The molecule has 24 heavy (non-hydrogen) atoms. The first kappa shape index (κ1) is 15.2. The second-order valence-corrected chi connectivity index (χ2v) is 6.66. The van der Waals surface area contributed by atoms with E-state index in [2.05, 4.69) is 19.9 Å². The maximum absolute atomic E-state index is 6.03. The van der Waals surface area contributed by atoms with Gasteiger partial charge in [-0.05, 0) is 31.2 Å². The van der Waals surface area contributed by atoms with Crippen molar-refractivity contribution in [1.82, 2.24) is 19.9 Å². The van der Waals surface area contributed by atoms with Gasteiger partial charge < -0.3 is 9.40 Å². The number of halogens is 1. The standard InChI is InChI=1S/C17H13ClN4OS/c1-10-15(20-16(23-10)11-3-2-4-12(18)7-11)9-24-17-21-13-5-6-19-8-14(13)22-17/h2-8H,9H2,1H3,(H,21,22). The van der Waals surface area contributed by atoms with Crippen LogP contribution in [0, 0.1) is 6.92 Å². The lowest BCUT2D eigenvalue weighted by atomic mass is 10.2. The Hall–Kier alpha value is -2.31. The fourth-order valence-corrected chi connectivity index (χ4v) is 3.42. The minimum atomic E-state index is 0.583. The van der Waals surface area contributed by atoms with E-state index in [1.54, 1.807) is 24.2 Å². The van der Waals surface area contributed by atoms with Crippen molar-refractivity contribution in [1.29, 1.82) is 0 Å². The molecule has 3 aromatic heterocycles. The molecule has 0 aliphatic carbocycles. The number of rotatable bonds is 4. The summed E-state index contributed by atoms with van der Waals surface area (Å²) in [5.41, 5.74) is 3.60. The molecule has 3 heterocycles. The zero-order valence-electron chi connectivity index (χ0n) is 12.8. The van der Waals surface area contributed by atoms with Crippen LogP contribution in [0.4, 0.5) is 0 Å². The molecule has 0 aliphatic rings. The summed E-state index contributed by atoms with van der Waals surface area (Å²) >= 11 is 7.61. The molecule has 0 unspecified atom stereocenters. The van der Waals surface area contributed by atoms with Crippen molar-refractivity contribution in [2.45, 2.75) is 17.8 Å². The fourth-order valence-electron chi connectivity index (χ4n) is 2.35. The maximum Gasteiger partial charge on any atom is 0.226 e. The molecule has 0 fully saturated rings. The van der Waals surface area contributed by atoms with Gasteiger partial charge in [-0.15, -0.1) is 0 Å². The van der Waals surface area contributed by atoms with E-state index < -0.39 is 0 Å². The zero-order valence-corrected chi connectivity index (χ0v) is 14.4. The Morgan fingerprint density at radius 2 is 2.17 bits per heavy atom. The lowest BCUT2D eigenvalue weighted by Gasteiger charge is -1.95. The van der Waals surface area contributed by atoms with E-state index >= 15 is 0 Å². The number of H-pyrrole nitrogens is 1. The van der Waals surface area contributed by atoms with Crippen molar-refractivity contribution in [2.75, 3.05) is 0 Å². The van der Waals surface area contributed by atoms with Crippen molar-refractivity contribution in [3.63, 3.8) is 0 Å². The topological polar surface area (TPSA) is 67.6 Å². The maximum atomic E-state index is 6.03. The predicted octanol–water partition coefficient (Wildman–Crippen LogP) is 4.87. The summed E-state index contributed by atoms with van der Waals surface area (Å²) in [6.07, 6.45) is 3.50. The third-order valence-corrected chi connectivity index (χ3v) is 4.69. The van der Waals surface area contributed by atoms with Gasteiger partial charge in [0.15, 0.2) is 5.16 Å². The minimum absolute atomic E-state index is 0.583. The average molecular weight is 357 g/mol. The molecule has 0 radical (unpaired) electrons. The molecule has 0 amide bonds. The first-order chi connectivity index (χ1) is 11.7. The van der Waals surface area contributed by atoms with Crippen LogP contribution >= 0.6 is 23.4 Å². The molecule has 1 N–H and O–H groups in total. The molecular formula is C17H13ClN4OS. The van der Waals surface area contributed by atoms with Gasteiger partial charge in [-0.3, -0.25) is 4.98 Å². The highest BCUT2D eigenvalue weighted by atomic mass is 35.5. The quantitative estimate of drug-likeness (QED) is 0.528. The summed E-state index contributed by atoms with van der Waals surface area (Å²) in [4.78, 5) is 16.4. The molecule has 0 spiro atoms. The summed E-state index contributed by atoms with van der Waals surface area (Å²) in [6.45, 7) is 1.92. The second kappa shape index (κ2) is 6.30. The summed E-state index contributed by atoms with van der Waals surface area (Å²) in [6, 6.07) is 9.37. The predicted molar refractivity (Wildman–Crippen MR) is 95.1 cm³/mol. The highest BCUT2D eigenvalue weighted by Crippen LogP contribution is 2.28. The largest absolute Gasteiger partial charge is 0.441 e. The number of nitrogens with one attached hydrogen (secondary N) is 1. The Kier molecular flexibility index (Phi) is 4.00. The van der Waals surface area contributed by atoms with Crippen LogP contribution in [-0.2, 0) is 5.75 Å². The Morgan fingerprint density at radius 1 is 1.25 bits per heavy atom. The van der Waals surface area contributed by atoms with Gasteiger partial charge in [-0.25, -0.2) is 9.97 Å². The van der Waals surface area contributed by atoms with E-state index in [0.29, 0.717) is 16.7 Å². The summed E-state index contributed by atoms with van der Waals surface area (Å²) in [7, 11) is 0. The number of pyridine rings is 1. The van der Waals surface area contributed by atoms with Crippen molar-refractivity contribution >= 4 is 34.4 Å². The molecule has 7 heteroatoms. The molecule has 0 saturated heterocycles. The first-order valence-corrected chi connectivity index (χ1v) is 8.70. The van der Waals surface area contributed by atoms with E-state index in [1.165, 1.54) is 0 Å². The molecule has 1 aromatic carbocycles. The summed E-state index contributed by atoms with van der Waals surface area (Å²) in [5.74, 6) is 2.05. The SMILES string of the molecule is Cc1oc(-c2cccc(Cl)c2)nc1CSc1nc2ccncc2[nH]1. The van der Waals surface area contributed by atoms with Crippen LogP contribution in [-0.4, -0.2) is 19.9 Å². The number of hydrogen-bond acceptors (Lipinski definition) is 5. The Balaban J connectivity index is 1.54. The van der Waals surface area contributed by atoms with Crippen LogP contribution in [0.3, 0.4) is 0 Å². The van der Waals surface area contributed by atoms with Crippen molar-refractivity contribution in [3.8, 4) is 11.5 Å². The van der Waals surface area contributed by atoms with Gasteiger partial charge >= 0.3 is 0 Å². The molecule has 120 valence electrons. The van der Waals surface area contributed by atoms with Gasteiger partial charge in [0, 0.05) is 22.5 Å². The van der Waals surface area contributed by atoms with Crippen molar-refractivity contribution in [3.05, 3.63) is 59.2 Å². The lowest BCUT2D eigenvalue weighted by molar-refractivity contribution is 0.540. The van der Waals surface area contributed by atoms with E-state index in [4.69, 9.17) is 16.0 Å². The van der Waals surface area contributed by atoms with Crippen LogP contribution in [0.1, 0.15) is 11.5 Å². The van der Waals surface area contributed by atoms with E-state index in [1.807, 2.05) is 37.3 Å². The number of imidazole rings is 1. The Morgan fingerprint density at radius 3 is 3.00 bits per heavy atom. The smallest absolute Gasteiger partial charge is 0.226 e. The summed E-state index contributed by atoms with van der Waals surface area (Å²) in [5, 5.41) is 1.50. The second-order valence-electron chi connectivity index (χ2n) is 5.26. The van der Waals surface area contributed by atoms with Gasteiger partial charge in [-0.1, -0.05) is 29.4 Å². The van der Waals surface area contributed by atoms with Crippen LogP contribution in [0.2, 0.25) is 5.02 Å². The number of benzene rings is 1. The van der Waals surface area contributed by atoms with Crippen LogP contribution in [0.25, 0.3) is 22.5 Å². The highest BCUT2D eigenvalue weighted by molar-refractivity contribution is 7.98. The van der Waals surface area contributed by atoms with Gasteiger partial charge in [0.1, 0.15) is 5.76 Å². The monoisotopic (exact) mass is 356 g/mol. The van der Waals surface area contributed by atoms with Crippen LogP contribution < -0.4 is 0 Å². The minimum Gasteiger partial charge on any atom is -0.441 e. The number of hydrogen-bond donors (Lipinski definition) is 1. The molecule has 0 atom stereocenters. The third kappa shape index (κ3) is 3.02. The van der Waals surface area contributed by atoms with Gasteiger partial charge in [0.05, 0.1) is 22.9 Å². The normalized spacial score (nSPS) is 11.2. The molecule has 0 aliphatic heterocycles. The number of thioether (sulfide) groups is 1. The lowest BCUT2D eigenvalue weighted by Crippen LogP contribution is -1.85. The molecular weight excluding hydrogens is 344 g/mol. The number of oxazole rings is 1. The average Bonchev–Trinajstić information content (AvgIpc) is 3.16. The molecule has 0 bridgehead atoms. The number of fused-ring (bicyclic) bond motifs is 1. The first-order valence-electron chi connectivity index (χ1n) is 7.34. The number of nitrogens with zero attached hydrogens (tertiary/aromatic N) is 3. The Labute approximate surface area is 147 Å². The zero-order chi connectivity index (χ0) is 16.5. The van der Waals surface area contributed by atoms with E-state index in [0.717, 1.165) is 33.2 Å². The number of aromatic nitrogens is 4. The van der Waals surface area contributed by atoms with Gasteiger partial charge in [0.25, 0.3) is 0 Å². The fraction of sp³-hybridized carbons (Fsp3) is 0.118.